The number of rotatable bonds is 3. The highest BCUT2D eigenvalue weighted by Gasteiger charge is 2.13. The molecule has 0 bridgehead atoms. The first-order valence-electron chi connectivity index (χ1n) is 8.85. The molecule has 0 unspecified atom stereocenters. The summed E-state index contributed by atoms with van der Waals surface area (Å²) in [4.78, 5) is 6.91. The molecule has 0 aliphatic heterocycles. The van der Waals surface area contributed by atoms with Crippen LogP contribution in [0.3, 0.4) is 0 Å². The molecule has 132 valence electrons. The summed E-state index contributed by atoms with van der Waals surface area (Å²) < 4.78 is 1.88. The molecule has 2 heterocycles. The Balaban J connectivity index is 1.93. The molecule has 0 saturated heterocycles. The number of fused-ring (bicyclic) bond motifs is 1. The molecule has 2 aromatic carbocycles. The van der Waals surface area contributed by atoms with E-state index in [1.54, 1.807) is 6.20 Å². The topological polar surface area (TPSA) is 33.4 Å². The summed E-state index contributed by atoms with van der Waals surface area (Å²) in [5, 5.41) is 4.57. The lowest BCUT2D eigenvalue weighted by Crippen LogP contribution is -2.10. The van der Waals surface area contributed by atoms with E-state index in [-0.39, 0.29) is 0 Å². The monoisotopic (exact) mass is 352 g/mol. The molecule has 0 aliphatic rings. The van der Waals surface area contributed by atoms with Gasteiger partial charge >= 0.3 is 0 Å². The van der Waals surface area contributed by atoms with Crippen LogP contribution in [0.4, 0.5) is 0 Å². The lowest BCUT2D eigenvalue weighted by atomic mass is 10.1. The van der Waals surface area contributed by atoms with Crippen molar-refractivity contribution in [2.75, 3.05) is 20.6 Å². The van der Waals surface area contributed by atoms with Crippen LogP contribution in [-0.4, -0.2) is 40.1 Å². The molecular weight excluding hydrogens is 332 g/mol. The second-order valence-corrected chi connectivity index (χ2v) is 6.59. The van der Waals surface area contributed by atoms with Crippen molar-refractivity contribution < 1.29 is 0 Å². The molecule has 2 aromatic heterocycles. The molecule has 0 saturated carbocycles. The quantitative estimate of drug-likeness (QED) is 0.523. The van der Waals surface area contributed by atoms with Crippen LogP contribution in [0, 0.1) is 11.8 Å². The van der Waals surface area contributed by atoms with E-state index in [0.717, 1.165) is 33.7 Å². The Kier molecular flexibility index (Phi) is 4.69. The van der Waals surface area contributed by atoms with Gasteiger partial charge in [-0.1, -0.05) is 72.5 Å². The van der Waals surface area contributed by atoms with Crippen LogP contribution in [-0.2, 0) is 0 Å². The van der Waals surface area contributed by atoms with Gasteiger partial charge in [-0.2, -0.15) is 5.10 Å². The standard InChI is InChI=1S/C23H20N4/c1-26(2)15-9-14-20-17-24-27-22(19-12-7-4-8-13-19)16-21(25-23(20)27)18-10-5-3-6-11-18/h3-8,10-13,16-17H,15H2,1-2H3. The van der Waals surface area contributed by atoms with E-state index in [1.165, 1.54) is 0 Å². The Morgan fingerprint density at radius 3 is 2.26 bits per heavy atom. The molecule has 27 heavy (non-hydrogen) atoms. The van der Waals surface area contributed by atoms with E-state index in [0.29, 0.717) is 6.54 Å². The zero-order valence-electron chi connectivity index (χ0n) is 15.4. The molecule has 0 spiro atoms. The Hall–Kier alpha value is -3.42. The van der Waals surface area contributed by atoms with E-state index >= 15 is 0 Å². The molecule has 0 N–H and O–H groups in total. The first-order valence-corrected chi connectivity index (χ1v) is 8.85. The first kappa shape index (κ1) is 17.0. The van der Waals surface area contributed by atoms with Gasteiger partial charge in [0, 0.05) is 11.1 Å². The van der Waals surface area contributed by atoms with Crippen molar-refractivity contribution in [1.29, 1.82) is 0 Å². The van der Waals surface area contributed by atoms with Gasteiger partial charge in [-0.3, -0.25) is 4.90 Å². The number of hydrogen-bond acceptors (Lipinski definition) is 3. The fourth-order valence-electron chi connectivity index (χ4n) is 2.92. The highest BCUT2D eigenvalue weighted by molar-refractivity contribution is 5.73. The van der Waals surface area contributed by atoms with E-state index < -0.39 is 0 Å². The molecule has 4 heteroatoms. The van der Waals surface area contributed by atoms with Crippen LogP contribution in [0.25, 0.3) is 28.2 Å². The zero-order chi connectivity index (χ0) is 18.6. The maximum absolute atomic E-state index is 4.87. The van der Waals surface area contributed by atoms with Crippen LogP contribution in [0.5, 0.6) is 0 Å². The highest BCUT2D eigenvalue weighted by Crippen LogP contribution is 2.27. The van der Waals surface area contributed by atoms with Crippen molar-refractivity contribution in [3.05, 3.63) is 78.5 Å². The number of nitrogens with zero attached hydrogens (tertiary/aromatic N) is 4. The van der Waals surface area contributed by atoms with Gasteiger partial charge in [0.1, 0.15) is 0 Å². The Morgan fingerprint density at radius 2 is 1.59 bits per heavy atom. The SMILES string of the molecule is CN(C)CC#Cc1cnn2c(-c3ccccc3)cc(-c3ccccc3)nc12. The second-order valence-electron chi connectivity index (χ2n) is 6.59. The van der Waals surface area contributed by atoms with E-state index in [2.05, 4.69) is 47.3 Å². The van der Waals surface area contributed by atoms with E-state index in [9.17, 15) is 0 Å². The van der Waals surface area contributed by atoms with Gasteiger partial charge < -0.3 is 0 Å². The summed E-state index contributed by atoms with van der Waals surface area (Å²) >= 11 is 0. The molecule has 0 atom stereocenters. The molecule has 4 rings (SSSR count). The molecule has 0 aliphatic carbocycles. The summed E-state index contributed by atoms with van der Waals surface area (Å²) in [7, 11) is 4.01. The fraction of sp³-hybridized carbons (Fsp3) is 0.130. The van der Waals surface area contributed by atoms with Gasteiger partial charge in [0.15, 0.2) is 5.65 Å². The largest absolute Gasteiger partial charge is 0.299 e. The Bertz CT molecular complexity index is 1120. The first-order chi connectivity index (χ1) is 13.2. The number of hydrogen-bond donors (Lipinski definition) is 0. The molecule has 0 amide bonds. The van der Waals surface area contributed by atoms with Crippen LogP contribution in [0.2, 0.25) is 0 Å². The van der Waals surface area contributed by atoms with Crippen molar-refractivity contribution in [3.63, 3.8) is 0 Å². The van der Waals surface area contributed by atoms with Crippen LogP contribution < -0.4 is 0 Å². The molecule has 0 radical (unpaired) electrons. The maximum Gasteiger partial charge on any atom is 0.172 e. The van der Waals surface area contributed by atoms with Crippen LogP contribution >= 0.6 is 0 Å². The summed E-state index contributed by atoms with van der Waals surface area (Å²) in [5.41, 5.74) is 5.70. The average molecular weight is 352 g/mol. The second kappa shape index (κ2) is 7.45. The molecule has 0 fully saturated rings. The van der Waals surface area contributed by atoms with Gasteiger partial charge in [-0.15, -0.1) is 0 Å². The highest BCUT2D eigenvalue weighted by atomic mass is 15.3. The maximum atomic E-state index is 4.87. The van der Waals surface area contributed by atoms with E-state index in [4.69, 9.17) is 4.98 Å². The lowest BCUT2D eigenvalue weighted by molar-refractivity contribution is 0.464. The van der Waals surface area contributed by atoms with Gasteiger partial charge in [0.25, 0.3) is 0 Å². The van der Waals surface area contributed by atoms with Crippen molar-refractivity contribution >= 4 is 5.65 Å². The van der Waals surface area contributed by atoms with Gasteiger partial charge in [-0.05, 0) is 20.2 Å². The Labute approximate surface area is 159 Å². The third-order valence-electron chi connectivity index (χ3n) is 4.23. The summed E-state index contributed by atoms with van der Waals surface area (Å²) in [6, 6.07) is 22.5. The molecule has 4 aromatic rings. The normalized spacial score (nSPS) is 10.8. The van der Waals surface area contributed by atoms with E-state index in [1.807, 2.05) is 59.9 Å². The lowest BCUT2D eigenvalue weighted by Gasteiger charge is -2.09. The van der Waals surface area contributed by atoms with Crippen molar-refractivity contribution in [2.24, 2.45) is 0 Å². The minimum Gasteiger partial charge on any atom is -0.299 e. The summed E-state index contributed by atoms with van der Waals surface area (Å²) in [5.74, 6) is 6.40. The third kappa shape index (κ3) is 3.59. The fourth-order valence-corrected chi connectivity index (χ4v) is 2.92. The summed E-state index contributed by atoms with van der Waals surface area (Å²) in [6.45, 7) is 0.696. The zero-order valence-corrected chi connectivity index (χ0v) is 15.4. The van der Waals surface area contributed by atoms with Gasteiger partial charge in [0.2, 0.25) is 0 Å². The van der Waals surface area contributed by atoms with Crippen LogP contribution in [0.15, 0.2) is 72.9 Å². The van der Waals surface area contributed by atoms with Crippen molar-refractivity contribution in [1.82, 2.24) is 19.5 Å². The number of aromatic nitrogens is 3. The van der Waals surface area contributed by atoms with Gasteiger partial charge in [0.05, 0.1) is 29.7 Å². The molecule has 4 nitrogen and oxygen atoms in total. The van der Waals surface area contributed by atoms with Gasteiger partial charge in [-0.25, -0.2) is 9.50 Å². The van der Waals surface area contributed by atoms with Crippen molar-refractivity contribution in [2.45, 2.75) is 0 Å². The van der Waals surface area contributed by atoms with Crippen LogP contribution in [0.1, 0.15) is 5.56 Å². The molecular formula is C23H20N4. The minimum absolute atomic E-state index is 0.696. The van der Waals surface area contributed by atoms with Crippen molar-refractivity contribution in [3.8, 4) is 34.4 Å². The smallest absolute Gasteiger partial charge is 0.172 e. The third-order valence-corrected chi connectivity index (χ3v) is 4.23. The Morgan fingerprint density at radius 1 is 0.926 bits per heavy atom. The number of benzene rings is 2. The summed E-state index contributed by atoms with van der Waals surface area (Å²) in [6.07, 6.45) is 1.80. The minimum atomic E-state index is 0.696. The average Bonchev–Trinajstić information content (AvgIpc) is 3.11. The predicted molar refractivity (Wildman–Crippen MR) is 109 cm³/mol. The predicted octanol–water partition coefficient (Wildman–Crippen LogP) is 3.98.